The summed E-state index contributed by atoms with van der Waals surface area (Å²) in [5.41, 5.74) is 3.10. The second-order valence-corrected chi connectivity index (χ2v) is 11.2. The Morgan fingerprint density at radius 1 is 1.06 bits per heavy atom. The van der Waals surface area contributed by atoms with E-state index in [9.17, 15) is 4.79 Å². The molecule has 1 aromatic heterocycles. The molecule has 0 radical (unpaired) electrons. The lowest BCUT2D eigenvalue weighted by molar-refractivity contribution is 0.0953. The molecule has 194 valence electrons. The number of amides is 1. The predicted molar refractivity (Wildman–Crippen MR) is 152 cm³/mol. The van der Waals surface area contributed by atoms with Crippen molar-refractivity contribution in [1.82, 2.24) is 9.88 Å². The summed E-state index contributed by atoms with van der Waals surface area (Å²) >= 11 is 0. The second-order valence-electron chi connectivity index (χ2n) is 8.33. The van der Waals surface area contributed by atoms with E-state index >= 15 is 0 Å². The van der Waals surface area contributed by atoms with Crippen LogP contribution in [-0.4, -0.2) is 43.2 Å². The average Bonchev–Trinajstić information content (AvgIpc) is 3.68. The van der Waals surface area contributed by atoms with Gasteiger partial charge in [0.2, 0.25) is 0 Å². The maximum absolute atomic E-state index is 12.6. The van der Waals surface area contributed by atoms with Crippen LogP contribution in [0.4, 0.5) is 0 Å². The first-order valence-corrected chi connectivity index (χ1v) is 14.7. The summed E-state index contributed by atoms with van der Waals surface area (Å²) in [4.78, 5) is 12.6. The molecule has 0 saturated heterocycles. The van der Waals surface area contributed by atoms with Crippen molar-refractivity contribution in [2.24, 2.45) is 5.14 Å². The molecule has 35 heavy (non-hydrogen) atoms. The molecule has 1 heterocycles. The van der Waals surface area contributed by atoms with Crippen LogP contribution < -0.4 is 10.5 Å². The van der Waals surface area contributed by atoms with Crippen LogP contribution in [0.3, 0.4) is 0 Å². The van der Waals surface area contributed by atoms with Crippen LogP contribution in [-0.2, 0) is 15.5 Å². The highest BCUT2D eigenvalue weighted by molar-refractivity contribution is 8.27. The van der Waals surface area contributed by atoms with Gasteiger partial charge in [0, 0.05) is 59.7 Å². The molecule has 1 aliphatic rings. The highest BCUT2D eigenvalue weighted by Crippen LogP contribution is 2.36. The molecule has 0 aliphatic heterocycles. The Bertz CT molecular complexity index is 1120. The summed E-state index contributed by atoms with van der Waals surface area (Å²) in [5, 5.41) is 11.4. The molecule has 6 nitrogen and oxygen atoms in total. The second kappa shape index (κ2) is 14.2. The molecule has 0 fully saturated rings. The van der Waals surface area contributed by atoms with Crippen molar-refractivity contribution in [3.63, 3.8) is 0 Å². The van der Waals surface area contributed by atoms with Crippen molar-refractivity contribution in [3.8, 4) is 0 Å². The van der Waals surface area contributed by atoms with Crippen LogP contribution in [0.1, 0.15) is 56.8 Å². The van der Waals surface area contributed by atoms with E-state index in [-0.39, 0.29) is 5.91 Å². The van der Waals surface area contributed by atoms with Crippen LogP contribution >= 0.6 is 10.5 Å². The Morgan fingerprint density at radius 2 is 1.74 bits per heavy atom. The maximum Gasteiger partial charge on any atom is 0.251 e. The van der Waals surface area contributed by atoms with E-state index in [1.54, 1.807) is 14.2 Å². The molecule has 3 N–H and O–H groups in total. The number of nitrogens with zero attached hydrogens (tertiary/aromatic N) is 1. The number of nitrogens with one attached hydrogen (secondary N) is 1. The van der Waals surface area contributed by atoms with Gasteiger partial charge in [-0.25, -0.2) is 0 Å². The van der Waals surface area contributed by atoms with Crippen LogP contribution in [0.2, 0.25) is 0 Å². The number of carbonyl (C=O) groups is 1. The van der Waals surface area contributed by atoms with E-state index in [1.807, 2.05) is 44.4 Å². The number of fused-ring (bicyclic) bond motifs is 3. The number of allylic oxidation sites excluding steroid dienone is 2. The lowest BCUT2D eigenvalue weighted by Gasteiger charge is -2.28. The molecule has 1 atom stereocenters. The smallest absolute Gasteiger partial charge is 0.251 e. The number of ether oxygens (including phenoxy) is 1. The van der Waals surface area contributed by atoms with Crippen molar-refractivity contribution >= 4 is 38.2 Å². The van der Waals surface area contributed by atoms with Gasteiger partial charge in [-0.2, -0.15) is 0 Å². The van der Waals surface area contributed by atoms with Crippen molar-refractivity contribution in [2.45, 2.75) is 53.0 Å². The van der Waals surface area contributed by atoms with E-state index in [2.05, 4.69) is 41.1 Å². The van der Waals surface area contributed by atoms with Crippen molar-refractivity contribution in [2.75, 3.05) is 32.8 Å². The molecular formula is C28H43N3O3S. The highest BCUT2D eigenvalue weighted by Gasteiger charge is 2.13. The minimum atomic E-state index is -1.39. The Hall–Kier alpha value is -2.48. The molecule has 1 unspecified atom stereocenters. The summed E-state index contributed by atoms with van der Waals surface area (Å²) in [6, 6.07) is 14.4. The number of aromatic nitrogens is 1. The number of hydrogen-bond acceptors (Lipinski definition) is 4. The summed E-state index contributed by atoms with van der Waals surface area (Å²) in [7, 11) is 1.97. The number of para-hydroxylation sites is 1. The number of aryl methyl sites for hydroxylation is 1. The van der Waals surface area contributed by atoms with Crippen LogP contribution in [0, 0.1) is 0 Å². The number of nitrogens with two attached hydrogens (primary N) is 1. The Balaban J connectivity index is 0.000000538. The molecule has 3 aromatic rings. The van der Waals surface area contributed by atoms with Crippen molar-refractivity contribution in [1.29, 1.82) is 0 Å². The predicted octanol–water partition coefficient (Wildman–Crippen LogP) is 6.53. The van der Waals surface area contributed by atoms with E-state index in [1.165, 1.54) is 16.4 Å². The van der Waals surface area contributed by atoms with Gasteiger partial charge in [0.05, 0.1) is 12.9 Å². The van der Waals surface area contributed by atoms with E-state index in [0.717, 1.165) is 49.1 Å². The van der Waals surface area contributed by atoms with Gasteiger partial charge in [0.1, 0.15) is 0 Å². The number of carbonyl (C=O) groups excluding carboxylic acids is 1. The minimum Gasteiger partial charge on any atom is -0.501 e. The lowest BCUT2D eigenvalue weighted by Crippen LogP contribution is -2.24. The summed E-state index contributed by atoms with van der Waals surface area (Å²) in [6.45, 7) is 7.73. The minimum absolute atomic E-state index is 0.0126. The standard InChI is InChI=1S/C22H31N3O2S.C4H6O.C2H6/c1-4-25-20-11-7-6-10-18(20)19-16-17(12-13-21(19)25)22(26)24-14-8-5-9-15-28(3,23)27-2;1-5-4-2-3-4;1-2/h6-7,10-13,16H,4-5,8-9,14-15,23H2,1-3H3,(H,24,26);2H,3H2,1H3;1-2H3. The number of rotatable bonds is 10. The quantitative estimate of drug-likeness (QED) is 0.310. The van der Waals surface area contributed by atoms with Crippen LogP contribution in [0.25, 0.3) is 21.8 Å². The summed E-state index contributed by atoms with van der Waals surface area (Å²) in [6.07, 6.45) is 8.10. The zero-order valence-electron chi connectivity index (χ0n) is 22.2. The van der Waals surface area contributed by atoms with Crippen LogP contribution in [0.5, 0.6) is 0 Å². The third-order valence-electron chi connectivity index (χ3n) is 5.88. The fourth-order valence-electron chi connectivity index (χ4n) is 3.82. The van der Waals surface area contributed by atoms with Gasteiger partial charge in [-0.3, -0.25) is 9.93 Å². The van der Waals surface area contributed by atoms with Gasteiger partial charge in [0.25, 0.3) is 5.91 Å². The monoisotopic (exact) mass is 501 g/mol. The molecule has 0 saturated carbocycles. The van der Waals surface area contributed by atoms with Crippen molar-refractivity contribution < 1.29 is 13.7 Å². The van der Waals surface area contributed by atoms with Gasteiger partial charge < -0.3 is 18.8 Å². The molecule has 7 heteroatoms. The first-order valence-electron chi connectivity index (χ1n) is 12.5. The van der Waals surface area contributed by atoms with E-state index in [0.29, 0.717) is 12.1 Å². The maximum atomic E-state index is 12.6. The number of methoxy groups -OCH3 is 1. The van der Waals surface area contributed by atoms with Crippen molar-refractivity contribution in [3.05, 3.63) is 59.9 Å². The highest BCUT2D eigenvalue weighted by atomic mass is 32.3. The molecule has 0 spiro atoms. The SMILES string of the molecule is CC.CCn1c2ccccc2c2cc(C(=O)NCCCCCS(C)(N)OC)ccc21.COC1=CC1. The van der Waals surface area contributed by atoms with E-state index in [4.69, 9.17) is 14.1 Å². The Kier molecular flexibility index (Phi) is 11.6. The normalized spacial score (nSPS) is 14.5. The largest absolute Gasteiger partial charge is 0.501 e. The number of unbranched alkanes of at least 4 members (excludes halogenated alkanes) is 2. The molecule has 1 aliphatic carbocycles. The summed E-state index contributed by atoms with van der Waals surface area (Å²) < 4.78 is 12.3. The Labute approximate surface area is 212 Å². The van der Waals surface area contributed by atoms with Gasteiger partial charge in [0.15, 0.2) is 0 Å². The zero-order chi connectivity index (χ0) is 25.8. The molecule has 0 bridgehead atoms. The van der Waals surface area contributed by atoms with E-state index < -0.39 is 10.5 Å². The third-order valence-corrected chi connectivity index (χ3v) is 7.74. The van der Waals surface area contributed by atoms with Crippen LogP contribution in [0.15, 0.2) is 54.3 Å². The molecular weight excluding hydrogens is 458 g/mol. The molecule has 4 rings (SSSR count). The first kappa shape index (κ1) is 28.8. The molecule has 2 aromatic carbocycles. The first-order chi connectivity index (χ1) is 16.9. The molecule has 1 amide bonds. The number of benzene rings is 2. The average molecular weight is 502 g/mol. The van der Waals surface area contributed by atoms with Gasteiger partial charge in [-0.05, 0) is 56.4 Å². The summed E-state index contributed by atoms with van der Waals surface area (Å²) in [5.74, 6) is 2.02. The van der Waals surface area contributed by atoms with Gasteiger partial charge in [-0.15, -0.1) is 0 Å². The zero-order valence-corrected chi connectivity index (χ0v) is 23.0. The van der Waals surface area contributed by atoms with Gasteiger partial charge >= 0.3 is 0 Å². The Morgan fingerprint density at radius 3 is 2.34 bits per heavy atom. The lowest BCUT2D eigenvalue weighted by atomic mass is 10.1. The topological polar surface area (TPSA) is 78.5 Å². The fraction of sp³-hybridized carbons (Fsp3) is 0.464. The van der Waals surface area contributed by atoms with Gasteiger partial charge in [-0.1, -0.05) is 49.0 Å². The number of hydrogen-bond donors (Lipinski definition) is 2. The third kappa shape index (κ3) is 8.30. The fourth-order valence-corrected chi connectivity index (χ4v) is 4.77.